The maximum absolute atomic E-state index is 11.5. The third-order valence-electron chi connectivity index (χ3n) is 3.85. The smallest absolute Gasteiger partial charge is 0.296 e. The highest BCUT2D eigenvalue weighted by molar-refractivity contribution is 7.92. The van der Waals surface area contributed by atoms with Crippen molar-refractivity contribution in [1.82, 2.24) is 0 Å². The lowest BCUT2D eigenvalue weighted by molar-refractivity contribution is 0.602. The van der Waals surface area contributed by atoms with Crippen LogP contribution in [0.15, 0.2) is 42.5 Å². The molecule has 2 rings (SSSR count). The summed E-state index contributed by atoms with van der Waals surface area (Å²) < 4.78 is 50.3. The van der Waals surface area contributed by atoms with E-state index in [4.69, 9.17) is 5.14 Å². The molecule has 2 aromatic carbocycles. The molecule has 154 valence electrons. The van der Waals surface area contributed by atoms with Gasteiger partial charge in [0.1, 0.15) is 0 Å². The largest absolute Gasteiger partial charge is 0.372 e. The van der Waals surface area contributed by atoms with Crippen LogP contribution in [0.3, 0.4) is 0 Å². The van der Waals surface area contributed by atoms with E-state index in [1.165, 1.54) is 12.1 Å². The van der Waals surface area contributed by atoms with Crippen molar-refractivity contribution in [2.24, 2.45) is 5.14 Å². The molecule has 0 heterocycles. The fraction of sp³-hybridized carbons (Fsp3) is 0.294. The van der Waals surface area contributed by atoms with Gasteiger partial charge in [0.15, 0.2) is 0 Å². The first-order valence-corrected chi connectivity index (χ1v) is 12.0. The van der Waals surface area contributed by atoms with Crippen molar-refractivity contribution in [1.29, 1.82) is 0 Å². The number of hydrogen-bond donors (Lipinski definition) is 4. The summed E-state index contributed by atoms with van der Waals surface area (Å²) in [6, 6.07) is 12.1. The van der Waals surface area contributed by atoms with E-state index in [1.807, 2.05) is 24.3 Å². The van der Waals surface area contributed by atoms with Gasteiger partial charge in [0, 0.05) is 24.5 Å². The molecule has 0 fully saturated rings. The van der Waals surface area contributed by atoms with E-state index in [0.717, 1.165) is 30.7 Å². The maximum atomic E-state index is 11.5. The average molecular weight is 428 g/mol. The molecule has 0 bridgehead atoms. The van der Waals surface area contributed by atoms with Gasteiger partial charge >= 0.3 is 0 Å². The van der Waals surface area contributed by atoms with E-state index in [0.29, 0.717) is 5.69 Å². The lowest BCUT2D eigenvalue weighted by Crippen LogP contribution is -2.22. The number of nitrogens with two attached hydrogens (primary N) is 1. The summed E-state index contributed by atoms with van der Waals surface area (Å²) in [6.07, 6.45) is 1.00. The minimum absolute atomic E-state index is 0.115. The summed E-state index contributed by atoms with van der Waals surface area (Å²) in [5.74, 6) is 0. The summed E-state index contributed by atoms with van der Waals surface area (Å²) in [4.78, 5) is 2.20. The summed E-state index contributed by atoms with van der Waals surface area (Å²) in [6.45, 7) is 5.93. The van der Waals surface area contributed by atoms with Gasteiger partial charge in [0.05, 0.1) is 23.3 Å². The Hall–Kier alpha value is -2.50. The highest BCUT2D eigenvalue weighted by atomic mass is 32.2. The van der Waals surface area contributed by atoms with Crippen LogP contribution in [0.1, 0.15) is 13.8 Å². The Bertz CT molecular complexity index is 1020. The second-order valence-corrected chi connectivity index (χ2v) is 9.17. The molecule has 2 aromatic rings. The Morgan fingerprint density at radius 3 is 1.93 bits per heavy atom. The fourth-order valence-corrected chi connectivity index (χ4v) is 3.70. The van der Waals surface area contributed by atoms with Crippen LogP contribution in [0.5, 0.6) is 0 Å². The number of nitrogens with one attached hydrogen (secondary N) is 3. The Morgan fingerprint density at radius 1 is 0.857 bits per heavy atom. The Labute approximate surface area is 166 Å². The Balaban J connectivity index is 2.33. The minimum atomic E-state index is -4.05. The van der Waals surface area contributed by atoms with Crippen molar-refractivity contribution in [3.63, 3.8) is 0 Å². The molecule has 9 nitrogen and oxygen atoms in total. The predicted octanol–water partition coefficient (Wildman–Crippen LogP) is 2.26. The van der Waals surface area contributed by atoms with E-state index < -0.39 is 20.2 Å². The van der Waals surface area contributed by atoms with Crippen LogP contribution in [0.25, 0.3) is 0 Å². The third kappa shape index (κ3) is 6.59. The van der Waals surface area contributed by atoms with Gasteiger partial charge in [0.2, 0.25) is 10.0 Å². The fourth-order valence-electron chi connectivity index (χ4n) is 2.67. The lowest BCUT2D eigenvalue weighted by Gasteiger charge is -2.21. The first-order chi connectivity index (χ1) is 13.0. The molecule has 11 heteroatoms. The molecule has 0 atom stereocenters. The molecule has 0 saturated carbocycles. The van der Waals surface area contributed by atoms with Gasteiger partial charge in [-0.25, -0.2) is 13.6 Å². The summed E-state index contributed by atoms with van der Waals surface area (Å²) in [7, 11) is -7.56. The van der Waals surface area contributed by atoms with Crippen molar-refractivity contribution in [2.45, 2.75) is 13.8 Å². The van der Waals surface area contributed by atoms with Crippen LogP contribution < -0.4 is 24.8 Å². The molecule has 0 saturated heterocycles. The summed E-state index contributed by atoms with van der Waals surface area (Å²) >= 11 is 0. The van der Waals surface area contributed by atoms with Crippen molar-refractivity contribution in [2.75, 3.05) is 39.0 Å². The molecule has 0 aliphatic heterocycles. The second kappa shape index (κ2) is 8.67. The van der Waals surface area contributed by atoms with E-state index in [-0.39, 0.29) is 11.4 Å². The van der Waals surface area contributed by atoms with Gasteiger partial charge in [-0.05, 0) is 56.3 Å². The third-order valence-corrected chi connectivity index (χ3v) is 4.96. The highest BCUT2D eigenvalue weighted by Crippen LogP contribution is 2.30. The Morgan fingerprint density at radius 2 is 1.43 bits per heavy atom. The first-order valence-electron chi connectivity index (χ1n) is 8.55. The van der Waals surface area contributed by atoms with Crippen molar-refractivity contribution < 1.29 is 16.8 Å². The van der Waals surface area contributed by atoms with Gasteiger partial charge in [0.25, 0.3) is 10.2 Å². The lowest BCUT2D eigenvalue weighted by atomic mass is 10.2. The predicted molar refractivity (Wildman–Crippen MR) is 115 cm³/mol. The zero-order valence-electron chi connectivity index (χ0n) is 15.9. The van der Waals surface area contributed by atoms with Crippen LogP contribution in [0.4, 0.5) is 28.4 Å². The molecule has 0 aliphatic rings. The molecule has 0 aromatic heterocycles. The van der Waals surface area contributed by atoms with Crippen molar-refractivity contribution in [3.8, 4) is 0 Å². The normalized spacial score (nSPS) is 11.7. The zero-order chi connectivity index (χ0) is 20.9. The van der Waals surface area contributed by atoms with Crippen LogP contribution in [-0.4, -0.2) is 36.2 Å². The molecule has 0 aliphatic carbocycles. The van der Waals surface area contributed by atoms with Gasteiger partial charge < -0.3 is 10.2 Å². The second-order valence-electron chi connectivity index (χ2n) is 6.13. The van der Waals surface area contributed by atoms with Crippen LogP contribution in [0.2, 0.25) is 0 Å². The maximum Gasteiger partial charge on any atom is 0.296 e. The number of nitrogens with zero attached hydrogens (tertiary/aromatic N) is 1. The molecule has 28 heavy (non-hydrogen) atoms. The first kappa shape index (κ1) is 21.8. The van der Waals surface area contributed by atoms with E-state index >= 15 is 0 Å². The van der Waals surface area contributed by atoms with E-state index in [2.05, 4.69) is 33.5 Å². The molecular weight excluding hydrogens is 402 g/mol. The van der Waals surface area contributed by atoms with Gasteiger partial charge in [-0.1, -0.05) is 0 Å². The summed E-state index contributed by atoms with van der Waals surface area (Å²) in [5, 5.41) is 8.19. The molecule has 0 radical (unpaired) electrons. The summed E-state index contributed by atoms with van der Waals surface area (Å²) in [5.41, 5.74) is 2.55. The number of sulfonamides is 1. The number of benzene rings is 2. The number of anilines is 5. The molecule has 5 N–H and O–H groups in total. The zero-order valence-corrected chi connectivity index (χ0v) is 17.6. The molecule has 0 amide bonds. The van der Waals surface area contributed by atoms with Crippen LogP contribution in [-0.2, 0) is 20.2 Å². The van der Waals surface area contributed by atoms with Crippen molar-refractivity contribution in [3.05, 3.63) is 42.5 Å². The topological polar surface area (TPSA) is 134 Å². The van der Waals surface area contributed by atoms with Gasteiger partial charge in [-0.15, -0.1) is 0 Å². The van der Waals surface area contributed by atoms with E-state index in [1.54, 1.807) is 6.07 Å². The van der Waals surface area contributed by atoms with Crippen molar-refractivity contribution >= 4 is 48.7 Å². The molecule has 0 spiro atoms. The van der Waals surface area contributed by atoms with Gasteiger partial charge in [-0.2, -0.15) is 8.42 Å². The molecular formula is C17H25N5O4S2. The average Bonchev–Trinajstić information content (AvgIpc) is 2.57. The van der Waals surface area contributed by atoms with Gasteiger partial charge in [-0.3, -0.25) is 9.44 Å². The highest BCUT2D eigenvalue weighted by Gasteiger charge is 2.12. The van der Waals surface area contributed by atoms with E-state index in [9.17, 15) is 16.8 Å². The standard InChI is InChI=1S/C17H25N5O4S2/c1-4-22(5-2)15-9-6-13(7-10-15)19-16-11-8-14(20-27(3,23)24)12-17(16)21-28(18,25)26/h6-12,19-21H,4-5H2,1-3H3,(H2,18,25,26). The monoisotopic (exact) mass is 427 g/mol. The number of hydrogen-bond acceptors (Lipinski definition) is 6. The molecule has 0 unspecified atom stereocenters. The minimum Gasteiger partial charge on any atom is -0.372 e. The number of rotatable bonds is 9. The Kier molecular flexibility index (Phi) is 6.75. The van der Waals surface area contributed by atoms with Crippen LogP contribution >= 0.6 is 0 Å². The van der Waals surface area contributed by atoms with Crippen LogP contribution in [0, 0.1) is 0 Å². The SMILES string of the molecule is CCN(CC)c1ccc(Nc2ccc(NS(C)(=O)=O)cc2NS(N)(=O)=O)cc1. The quantitative estimate of drug-likeness (QED) is 0.485.